The first kappa shape index (κ1) is 16.7. The number of ether oxygens (including phenoxy) is 1. The number of fused-ring (bicyclic) bond motifs is 1. The topological polar surface area (TPSA) is 92.8 Å². The summed E-state index contributed by atoms with van der Waals surface area (Å²) in [4.78, 5) is 28.4. The van der Waals surface area contributed by atoms with Crippen LogP contribution in [-0.4, -0.2) is 32.4 Å². The number of hydrogen-bond acceptors (Lipinski definition) is 5. The van der Waals surface area contributed by atoms with Gasteiger partial charge in [0.2, 0.25) is 0 Å². The fraction of sp³-hybridized carbons (Fsp3) is 0.368. The molecule has 26 heavy (non-hydrogen) atoms. The van der Waals surface area contributed by atoms with E-state index in [0.717, 1.165) is 42.5 Å². The van der Waals surface area contributed by atoms with Crippen LogP contribution in [0.1, 0.15) is 47.9 Å². The summed E-state index contributed by atoms with van der Waals surface area (Å²) >= 11 is 0. The van der Waals surface area contributed by atoms with Gasteiger partial charge in [-0.3, -0.25) is 4.79 Å². The zero-order valence-electron chi connectivity index (χ0n) is 14.7. The maximum absolute atomic E-state index is 12.3. The van der Waals surface area contributed by atoms with Crippen molar-refractivity contribution in [2.45, 2.75) is 38.3 Å². The molecule has 7 heteroatoms. The second-order valence-electron chi connectivity index (χ2n) is 6.77. The lowest BCUT2D eigenvalue weighted by molar-refractivity contribution is -0.0760. The van der Waals surface area contributed by atoms with Crippen LogP contribution in [0.3, 0.4) is 0 Å². The van der Waals surface area contributed by atoms with Crippen LogP contribution in [0.25, 0.3) is 11.0 Å². The Bertz CT molecular complexity index is 913. The monoisotopic (exact) mass is 351 g/mol. The molecule has 0 spiro atoms. The van der Waals surface area contributed by atoms with E-state index in [4.69, 9.17) is 4.74 Å². The number of aromatic nitrogens is 4. The van der Waals surface area contributed by atoms with Gasteiger partial charge in [-0.25, -0.2) is 15.0 Å². The number of aromatic amines is 1. The Morgan fingerprint density at radius 3 is 2.88 bits per heavy atom. The summed E-state index contributed by atoms with van der Waals surface area (Å²) in [5.74, 6) is 0.560. The van der Waals surface area contributed by atoms with E-state index in [9.17, 15) is 4.79 Å². The minimum Gasteiger partial charge on any atom is -0.367 e. The summed E-state index contributed by atoms with van der Waals surface area (Å²) in [6.07, 6.45) is 8.26. The number of nitrogens with zero attached hydrogens (tertiary/aromatic N) is 3. The molecule has 1 atom stereocenters. The minimum absolute atomic E-state index is 0.145. The molecule has 3 aromatic rings. The average Bonchev–Trinajstić information content (AvgIpc) is 3.15. The SMILES string of the molecule is CC1(c2ncc(CNC(=O)c3ccc4nc[nH]c4c3)cn2)CCCCO1. The first-order valence-electron chi connectivity index (χ1n) is 8.81. The lowest BCUT2D eigenvalue weighted by atomic mass is 9.95. The summed E-state index contributed by atoms with van der Waals surface area (Å²) in [5, 5.41) is 2.90. The van der Waals surface area contributed by atoms with Crippen LogP contribution >= 0.6 is 0 Å². The Morgan fingerprint density at radius 2 is 2.12 bits per heavy atom. The Kier molecular flexibility index (Phi) is 4.38. The normalized spacial score (nSPS) is 20.2. The Balaban J connectivity index is 1.40. The van der Waals surface area contributed by atoms with Gasteiger partial charge in [0.15, 0.2) is 5.82 Å². The summed E-state index contributed by atoms with van der Waals surface area (Å²) in [7, 11) is 0. The predicted molar refractivity (Wildman–Crippen MR) is 96.5 cm³/mol. The highest BCUT2D eigenvalue weighted by atomic mass is 16.5. The van der Waals surface area contributed by atoms with E-state index in [1.54, 1.807) is 30.9 Å². The van der Waals surface area contributed by atoms with Crippen LogP contribution in [-0.2, 0) is 16.9 Å². The van der Waals surface area contributed by atoms with E-state index < -0.39 is 5.60 Å². The molecule has 0 aliphatic carbocycles. The van der Waals surface area contributed by atoms with Crippen molar-refractivity contribution in [3.05, 3.63) is 53.9 Å². The number of hydrogen-bond donors (Lipinski definition) is 2. The number of carbonyl (C=O) groups excluding carboxylic acids is 1. The largest absolute Gasteiger partial charge is 0.367 e. The van der Waals surface area contributed by atoms with Gasteiger partial charge in [-0.1, -0.05) is 0 Å². The molecule has 1 unspecified atom stereocenters. The number of imidazole rings is 1. The molecule has 4 rings (SSSR count). The highest BCUT2D eigenvalue weighted by molar-refractivity contribution is 5.97. The van der Waals surface area contributed by atoms with Crippen LogP contribution in [0, 0.1) is 0 Å². The molecule has 0 radical (unpaired) electrons. The summed E-state index contributed by atoms with van der Waals surface area (Å²) < 4.78 is 5.87. The Hall–Kier alpha value is -2.80. The van der Waals surface area contributed by atoms with Crippen molar-refractivity contribution in [3.63, 3.8) is 0 Å². The number of rotatable bonds is 4. The number of benzene rings is 1. The van der Waals surface area contributed by atoms with E-state index in [0.29, 0.717) is 17.9 Å². The molecule has 1 fully saturated rings. The van der Waals surface area contributed by atoms with E-state index in [-0.39, 0.29) is 5.91 Å². The third-order valence-corrected chi connectivity index (χ3v) is 4.78. The smallest absolute Gasteiger partial charge is 0.251 e. The van der Waals surface area contributed by atoms with Gasteiger partial charge in [0, 0.05) is 36.7 Å². The molecule has 2 N–H and O–H groups in total. The lowest BCUT2D eigenvalue weighted by Gasteiger charge is -2.32. The van der Waals surface area contributed by atoms with Crippen LogP contribution in [0.15, 0.2) is 36.9 Å². The number of amides is 1. The Morgan fingerprint density at radius 1 is 1.27 bits per heavy atom. The van der Waals surface area contributed by atoms with Crippen molar-refractivity contribution < 1.29 is 9.53 Å². The quantitative estimate of drug-likeness (QED) is 0.754. The molecule has 1 aliphatic heterocycles. The molecule has 3 heterocycles. The first-order chi connectivity index (χ1) is 12.6. The van der Waals surface area contributed by atoms with Crippen LogP contribution in [0.5, 0.6) is 0 Å². The van der Waals surface area contributed by atoms with Crippen molar-refractivity contribution in [2.75, 3.05) is 6.61 Å². The van der Waals surface area contributed by atoms with Gasteiger partial charge in [0.05, 0.1) is 17.4 Å². The molecule has 1 aromatic carbocycles. The Labute approximate surface area is 151 Å². The zero-order chi connectivity index (χ0) is 18.0. The van der Waals surface area contributed by atoms with Gasteiger partial charge in [-0.2, -0.15) is 0 Å². The predicted octanol–water partition coefficient (Wildman–Crippen LogP) is 2.70. The standard InChI is InChI=1S/C19H21N5O2/c1-19(6-2-3-7-26-19)18-21-10-13(11-22-18)9-20-17(25)14-4-5-15-16(8-14)24-12-23-15/h4-5,8,10-12H,2-3,6-7,9H2,1H3,(H,20,25)(H,23,24). The molecular weight excluding hydrogens is 330 g/mol. The van der Waals surface area contributed by atoms with Crippen molar-refractivity contribution in [1.82, 2.24) is 25.3 Å². The van der Waals surface area contributed by atoms with Crippen LogP contribution in [0.4, 0.5) is 0 Å². The second kappa shape index (κ2) is 6.84. The van der Waals surface area contributed by atoms with Crippen molar-refractivity contribution in [3.8, 4) is 0 Å². The first-order valence-corrected chi connectivity index (χ1v) is 8.81. The summed E-state index contributed by atoms with van der Waals surface area (Å²) in [6, 6.07) is 5.38. The maximum atomic E-state index is 12.3. The molecular formula is C19H21N5O2. The number of H-pyrrole nitrogens is 1. The molecule has 7 nitrogen and oxygen atoms in total. The molecule has 1 aliphatic rings. The van der Waals surface area contributed by atoms with Gasteiger partial charge in [-0.05, 0) is 44.4 Å². The van der Waals surface area contributed by atoms with Gasteiger partial charge >= 0.3 is 0 Å². The highest BCUT2D eigenvalue weighted by Gasteiger charge is 2.32. The molecule has 1 saturated heterocycles. The van der Waals surface area contributed by atoms with Gasteiger partial charge < -0.3 is 15.0 Å². The fourth-order valence-electron chi connectivity index (χ4n) is 3.19. The summed E-state index contributed by atoms with van der Waals surface area (Å²) in [5.41, 5.74) is 2.71. The van der Waals surface area contributed by atoms with Crippen molar-refractivity contribution in [1.29, 1.82) is 0 Å². The second-order valence-corrected chi connectivity index (χ2v) is 6.77. The third kappa shape index (κ3) is 3.30. The average molecular weight is 351 g/mol. The number of carbonyl (C=O) groups is 1. The van der Waals surface area contributed by atoms with E-state index in [1.165, 1.54) is 0 Å². The third-order valence-electron chi connectivity index (χ3n) is 4.78. The lowest BCUT2D eigenvalue weighted by Crippen LogP contribution is -2.32. The van der Waals surface area contributed by atoms with E-state index in [1.807, 2.05) is 13.0 Å². The van der Waals surface area contributed by atoms with Gasteiger partial charge in [-0.15, -0.1) is 0 Å². The molecule has 2 aromatic heterocycles. The van der Waals surface area contributed by atoms with E-state index >= 15 is 0 Å². The van der Waals surface area contributed by atoms with Gasteiger partial charge in [0.1, 0.15) is 5.60 Å². The maximum Gasteiger partial charge on any atom is 0.251 e. The molecule has 134 valence electrons. The van der Waals surface area contributed by atoms with E-state index in [2.05, 4.69) is 25.3 Å². The fourth-order valence-corrected chi connectivity index (χ4v) is 3.19. The number of nitrogens with one attached hydrogen (secondary N) is 2. The minimum atomic E-state index is -0.403. The summed E-state index contributed by atoms with van der Waals surface area (Å²) in [6.45, 7) is 3.16. The van der Waals surface area contributed by atoms with Crippen LogP contribution < -0.4 is 5.32 Å². The van der Waals surface area contributed by atoms with Crippen molar-refractivity contribution >= 4 is 16.9 Å². The molecule has 0 bridgehead atoms. The molecule has 1 amide bonds. The highest BCUT2D eigenvalue weighted by Crippen LogP contribution is 2.32. The molecule has 0 saturated carbocycles. The van der Waals surface area contributed by atoms with Gasteiger partial charge in [0.25, 0.3) is 5.91 Å². The zero-order valence-corrected chi connectivity index (χ0v) is 14.7. The van der Waals surface area contributed by atoms with Crippen LogP contribution in [0.2, 0.25) is 0 Å². The van der Waals surface area contributed by atoms with Crippen molar-refractivity contribution in [2.24, 2.45) is 0 Å².